The highest BCUT2D eigenvalue weighted by Crippen LogP contribution is 2.43. The zero-order chi connectivity index (χ0) is 24.7. The minimum Gasteiger partial charge on any atom is -0.0986 e. The van der Waals surface area contributed by atoms with Crippen molar-refractivity contribution in [3.63, 3.8) is 0 Å². The van der Waals surface area contributed by atoms with Crippen LogP contribution in [0.2, 0.25) is 0 Å². The first kappa shape index (κ1) is 24.1. The summed E-state index contributed by atoms with van der Waals surface area (Å²) in [7, 11) is 0. The predicted octanol–water partition coefficient (Wildman–Crippen LogP) is 9.60. The SMILES string of the molecule is C=C1C=CC(C)C(=C)C1CC1=Cc2cccc(-c3cc(C)cc(C)c3C[C@@H]3CCC[C@H](C)C3)c2C1. The number of aryl methyl sites for hydroxylation is 2. The van der Waals surface area contributed by atoms with E-state index in [-0.39, 0.29) is 0 Å². The Morgan fingerprint density at radius 3 is 2.60 bits per heavy atom. The highest BCUT2D eigenvalue weighted by molar-refractivity contribution is 5.80. The van der Waals surface area contributed by atoms with Crippen LogP contribution in [-0.2, 0) is 12.8 Å². The van der Waals surface area contributed by atoms with Gasteiger partial charge >= 0.3 is 0 Å². The Balaban J connectivity index is 1.45. The van der Waals surface area contributed by atoms with E-state index in [1.165, 1.54) is 82.2 Å². The Morgan fingerprint density at radius 1 is 0.971 bits per heavy atom. The fourth-order valence-corrected chi connectivity index (χ4v) is 6.95. The Morgan fingerprint density at radius 2 is 1.80 bits per heavy atom. The molecule has 0 aliphatic heterocycles. The molecule has 0 radical (unpaired) electrons. The van der Waals surface area contributed by atoms with E-state index in [4.69, 9.17) is 0 Å². The maximum absolute atomic E-state index is 4.44. The summed E-state index contributed by atoms with van der Waals surface area (Å²) < 4.78 is 0. The first-order valence-electron chi connectivity index (χ1n) is 13.8. The molecule has 0 amide bonds. The summed E-state index contributed by atoms with van der Waals surface area (Å²) >= 11 is 0. The second kappa shape index (κ2) is 9.81. The van der Waals surface area contributed by atoms with E-state index in [1.807, 2.05) is 0 Å². The van der Waals surface area contributed by atoms with Gasteiger partial charge in [0.05, 0.1) is 0 Å². The van der Waals surface area contributed by atoms with Crippen LogP contribution in [0.15, 0.2) is 72.4 Å². The highest BCUT2D eigenvalue weighted by Gasteiger charge is 2.27. The maximum Gasteiger partial charge on any atom is 0.00826 e. The second-order valence-corrected chi connectivity index (χ2v) is 11.9. The molecule has 182 valence electrons. The first-order valence-corrected chi connectivity index (χ1v) is 13.8. The van der Waals surface area contributed by atoms with Crippen LogP contribution in [0.25, 0.3) is 17.2 Å². The van der Waals surface area contributed by atoms with Crippen molar-refractivity contribution in [2.75, 3.05) is 0 Å². The molecule has 3 aliphatic rings. The number of benzene rings is 2. The van der Waals surface area contributed by atoms with Gasteiger partial charge in [0.15, 0.2) is 0 Å². The maximum atomic E-state index is 4.44. The Labute approximate surface area is 213 Å². The Hall–Kier alpha value is -2.60. The van der Waals surface area contributed by atoms with Gasteiger partial charge < -0.3 is 0 Å². The van der Waals surface area contributed by atoms with Gasteiger partial charge in [-0.15, -0.1) is 0 Å². The molecule has 1 fully saturated rings. The van der Waals surface area contributed by atoms with E-state index >= 15 is 0 Å². The molecule has 0 saturated heterocycles. The molecular formula is C35H42. The molecule has 35 heavy (non-hydrogen) atoms. The smallest absolute Gasteiger partial charge is 0.00826 e. The molecule has 0 N–H and O–H groups in total. The van der Waals surface area contributed by atoms with Gasteiger partial charge in [0, 0.05) is 5.92 Å². The molecule has 0 bridgehead atoms. The van der Waals surface area contributed by atoms with Gasteiger partial charge in [-0.1, -0.05) is 112 Å². The molecule has 0 aromatic heterocycles. The Bertz CT molecular complexity index is 1220. The molecule has 1 saturated carbocycles. The summed E-state index contributed by atoms with van der Waals surface area (Å²) in [5.74, 6) is 2.50. The lowest BCUT2D eigenvalue weighted by molar-refractivity contribution is 0.281. The summed E-state index contributed by atoms with van der Waals surface area (Å²) in [5.41, 5.74) is 14.3. The van der Waals surface area contributed by atoms with Crippen molar-refractivity contribution in [2.24, 2.45) is 23.7 Å². The average molecular weight is 463 g/mol. The monoisotopic (exact) mass is 462 g/mol. The van der Waals surface area contributed by atoms with Crippen molar-refractivity contribution in [3.8, 4) is 11.1 Å². The molecule has 2 aromatic carbocycles. The van der Waals surface area contributed by atoms with Crippen LogP contribution >= 0.6 is 0 Å². The van der Waals surface area contributed by atoms with Crippen LogP contribution in [-0.4, -0.2) is 0 Å². The van der Waals surface area contributed by atoms with Gasteiger partial charge in [0.2, 0.25) is 0 Å². The second-order valence-electron chi connectivity index (χ2n) is 11.9. The van der Waals surface area contributed by atoms with Crippen LogP contribution in [0.1, 0.15) is 73.8 Å². The van der Waals surface area contributed by atoms with Crippen molar-refractivity contribution < 1.29 is 0 Å². The molecule has 4 atom stereocenters. The summed E-state index contributed by atoms with van der Waals surface area (Å²) in [5, 5.41) is 0. The topological polar surface area (TPSA) is 0 Å². The third-order valence-corrected chi connectivity index (χ3v) is 8.97. The lowest BCUT2D eigenvalue weighted by Crippen LogP contribution is -2.16. The third-order valence-electron chi connectivity index (χ3n) is 8.97. The van der Waals surface area contributed by atoms with E-state index in [2.05, 4.69) is 89.4 Å². The highest BCUT2D eigenvalue weighted by atomic mass is 14.3. The zero-order valence-electron chi connectivity index (χ0n) is 22.3. The number of fused-ring (bicyclic) bond motifs is 1. The van der Waals surface area contributed by atoms with Gasteiger partial charge in [0.25, 0.3) is 0 Å². The van der Waals surface area contributed by atoms with Crippen LogP contribution in [0.4, 0.5) is 0 Å². The summed E-state index contributed by atoms with van der Waals surface area (Å²) in [6.07, 6.45) is 15.8. The first-order chi connectivity index (χ1) is 16.8. The number of hydrogen-bond acceptors (Lipinski definition) is 0. The van der Waals surface area contributed by atoms with E-state index in [0.717, 1.165) is 24.7 Å². The molecule has 3 aliphatic carbocycles. The van der Waals surface area contributed by atoms with Crippen LogP contribution in [0.5, 0.6) is 0 Å². The van der Waals surface area contributed by atoms with E-state index in [9.17, 15) is 0 Å². The molecule has 0 spiro atoms. The molecule has 5 rings (SSSR count). The van der Waals surface area contributed by atoms with Crippen molar-refractivity contribution in [3.05, 3.63) is 100 Å². The van der Waals surface area contributed by atoms with Gasteiger partial charge in [-0.3, -0.25) is 0 Å². The predicted molar refractivity (Wildman–Crippen MR) is 153 cm³/mol. The third kappa shape index (κ3) is 4.90. The largest absolute Gasteiger partial charge is 0.0986 e. The van der Waals surface area contributed by atoms with Crippen molar-refractivity contribution in [1.82, 2.24) is 0 Å². The molecule has 0 heterocycles. The van der Waals surface area contributed by atoms with Crippen LogP contribution in [0.3, 0.4) is 0 Å². The molecule has 0 nitrogen and oxygen atoms in total. The van der Waals surface area contributed by atoms with E-state index < -0.39 is 0 Å². The minimum absolute atomic E-state index is 0.365. The zero-order valence-corrected chi connectivity index (χ0v) is 22.3. The Kier molecular flexibility index (Phi) is 6.75. The lowest BCUT2D eigenvalue weighted by atomic mass is 9.76. The number of rotatable bonds is 5. The fourth-order valence-electron chi connectivity index (χ4n) is 6.95. The molecule has 0 heteroatoms. The van der Waals surface area contributed by atoms with Crippen LogP contribution < -0.4 is 0 Å². The van der Waals surface area contributed by atoms with E-state index in [1.54, 1.807) is 5.56 Å². The average Bonchev–Trinajstić information content (AvgIpc) is 3.24. The van der Waals surface area contributed by atoms with E-state index in [0.29, 0.717) is 11.8 Å². The quantitative estimate of drug-likeness (QED) is 0.388. The van der Waals surface area contributed by atoms with Gasteiger partial charge in [-0.2, -0.15) is 0 Å². The van der Waals surface area contributed by atoms with Crippen molar-refractivity contribution in [1.29, 1.82) is 0 Å². The number of hydrogen-bond donors (Lipinski definition) is 0. The standard InChI is InChI=1S/C35H42/c1-22-9-7-10-28(16-22)19-33-26(5)15-23(2)17-35(33)31-12-8-11-30-18-29(21-34(30)31)20-32-25(4)14-13-24(3)27(32)6/h8,11-15,17-18,22,24,28,32H,4,6-7,9-10,16,19-21H2,1-3,5H3/t22-,24?,28+,32?/m0/s1. The van der Waals surface area contributed by atoms with Crippen molar-refractivity contribution >= 4 is 6.08 Å². The van der Waals surface area contributed by atoms with Crippen LogP contribution in [0, 0.1) is 37.5 Å². The van der Waals surface area contributed by atoms with Gasteiger partial charge in [-0.05, 0) is 96.2 Å². The van der Waals surface area contributed by atoms with Crippen molar-refractivity contribution in [2.45, 2.75) is 72.6 Å². The van der Waals surface area contributed by atoms with Gasteiger partial charge in [-0.25, -0.2) is 0 Å². The molecule has 2 unspecified atom stereocenters. The fraction of sp³-hybridized carbons (Fsp3) is 0.429. The normalized spacial score (nSPS) is 26.1. The molecular weight excluding hydrogens is 420 g/mol. The number of allylic oxidation sites excluding steroid dienone is 5. The lowest BCUT2D eigenvalue weighted by Gasteiger charge is -2.29. The summed E-state index contributed by atoms with van der Waals surface area (Å²) in [6.45, 7) is 18.1. The van der Waals surface area contributed by atoms with Gasteiger partial charge in [0.1, 0.15) is 0 Å². The summed E-state index contributed by atoms with van der Waals surface area (Å²) in [4.78, 5) is 0. The molecule has 2 aromatic rings. The summed E-state index contributed by atoms with van der Waals surface area (Å²) in [6, 6.07) is 11.8. The minimum atomic E-state index is 0.365.